The van der Waals surface area contributed by atoms with Crippen LogP contribution in [0.1, 0.15) is 17.2 Å². The third-order valence-corrected chi connectivity index (χ3v) is 5.22. The fourth-order valence-corrected chi connectivity index (χ4v) is 3.83. The van der Waals surface area contributed by atoms with Gasteiger partial charge in [-0.15, -0.1) is 11.3 Å². The summed E-state index contributed by atoms with van der Waals surface area (Å²) in [6.45, 7) is 0. The Kier molecular flexibility index (Phi) is 5.06. The summed E-state index contributed by atoms with van der Waals surface area (Å²) in [6, 6.07) is 8.49. The fraction of sp³-hybridized carbons (Fsp3) is 0.231. The summed E-state index contributed by atoms with van der Waals surface area (Å²) in [5.41, 5.74) is 2.50. The quantitative estimate of drug-likeness (QED) is 0.714. The molecule has 5 heteroatoms. The first-order valence-electron chi connectivity index (χ1n) is 5.40. The van der Waals surface area contributed by atoms with Gasteiger partial charge < -0.3 is 10.1 Å². The van der Waals surface area contributed by atoms with Crippen LogP contribution in [0, 0.1) is 2.88 Å². The molecule has 0 radical (unpaired) electrons. The third kappa shape index (κ3) is 3.07. The maximum Gasteiger partial charge on any atom is 0.120 e. The van der Waals surface area contributed by atoms with E-state index in [0.29, 0.717) is 0 Å². The van der Waals surface area contributed by atoms with Gasteiger partial charge in [-0.3, -0.25) is 0 Å². The summed E-state index contributed by atoms with van der Waals surface area (Å²) in [4.78, 5) is 0. The summed E-state index contributed by atoms with van der Waals surface area (Å²) >= 11 is 7.73. The molecule has 1 N–H and O–H groups in total. The van der Waals surface area contributed by atoms with Gasteiger partial charge in [0.15, 0.2) is 0 Å². The van der Waals surface area contributed by atoms with Crippen molar-refractivity contribution in [3.63, 3.8) is 0 Å². The molecule has 0 bridgehead atoms. The van der Waals surface area contributed by atoms with Crippen LogP contribution in [0.25, 0.3) is 0 Å². The Morgan fingerprint density at radius 2 is 2.17 bits per heavy atom. The van der Waals surface area contributed by atoms with Crippen LogP contribution < -0.4 is 10.1 Å². The highest BCUT2D eigenvalue weighted by Crippen LogP contribution is 2.33. The van der Waals surface area contributed by atoms with Gasteiger partial charge in [0.1, 0.15) is 5.75 Å². The monoisotopic (exact) mass is 437 g/mol. The zero-order chi connectivity index (χ0) is 13.1. The van der Waals surface area contributed by atoms with Crippen LogP contribution in [0.5, 0.6) is 5.75 Å². The number of halogens is 2. The summed E-state index contributed by atoms with van der Waals surface area (Å²) < 4.78 is 7.58. The average Bonchev–Trinajstić information content (AvgIpc) is 2.78. The molecule has 2 nitrogen and oxygen atoms in total. The standard InChI is InChI=1S/C13H13BrINOS/c1-16-13(8-5-12(15)18-7-8)10-4-3-9(17-2)6-11(10)14/h3-7,13,16H,1-2H3. The largest absolute Gasteiger partial charge is 0.497 e. The van der Waals surface area contributed by atoms with Gasteiger partial charge in [0.2, 0.25) is 0 Å². The minimum Gasteiger partial charge on any atom is -0.497 e. The highest BCUT2D eigenvalue weighted by atomic mass is 127. The topological polar surface area (TPSA) is 21.3 Å². The summed E-state index contributed by atoms with van der Waals surface area (Å²) in [5.74, 6) is 0.861. The van der Waals surface area contributed by atoms with Gasteiger partial charge in [0.25, 0.3) is 0 Å². The summed E-state index contributed by atoms with van der Waals surface area (Å²) in [6.07, 6.45) is 0. The highest BCUT2D eigenvalue weighted by molar-refractivity contribution is 14.1. The highest BCUT2D eigenvalue weighted by Gasteiger charge is 2.16. The van der Waals surface area contributed by atoms with Crippen molar-refractivity contribution < 1.29 is 4.74 Å². The van der Waals surface area contributed by atoms with Crippen LogP contribution in [-0.2, 0) is 0 Å². The zero-order valence-corrected chi connectivity index (χ0v) is 14.6. The number of rotatable bonds is 4. The Morgan fingerprint density at radius 3 is 2.67 bits per heavy atom. The van der Waals surface area contributed by atoms with E-state index in [1.165, 1.54) is 14.0 Å². The molecule has 1 heterocycles. The van der Waals surface area contributed by atoms with Crippen molar-refractivity contribution >= 4 is 49.9 Å². The van der Waals surface area contributed by atoms with E-state index in [0.717, 1.165) is 10.2 Å². The van der Waals surface area contributed by atoms with Gasteiger partial charge in [0.05, 0.1) is 16.0 Å². The zero-order valence-electron chi connectivity index (χ0n) is 10.0. The molecule has 2 aromatic rings. The molecule has 96 valence electrons. The normalized spacial score (nSPS) is 12.4. The fourth-order valence-electron chi connectivity index (χ4n) is 1.85. The molecule has 0 fully saturated rings. The lowest BCUT2D eigenvalue weighted by Crippen LogP contribution is -2.17. The molecule has 1 aromatic carbocycles. The molecule has 0 aliphatic carbocycles. The van der Waals surface area contributed by atoms with E-state index >= 15 is 0 Å². The first kappa shape index (κ1) is 14.3. The first-order valence-corrected chi connectivity index (χ1v) is 8.15. The second-order valence-electron chi connectivity index (χ2n) is 3.79. The van der Waals surface area contributed by atoms with Crippen molar-refractivity contribution in [1.29, 1.82) is 0 Å². The second-order valence-corrected chi connectivity index (χ2v) is 7.45. The van der Waals surface area contributed by atoms with E-state index < -0.39 is 0 Å². The van der Waals surface area contributed by atoms with Crippen molar-refractivity contribution in [2.75, 3.05) is 14.2 Å². The Balaban J connectivity index is 2.39. The lowest BCUT2D eigenvalue weighted by atomic mass is 10.0. The summed E-state index contributed by atoms with van der Waals surface area (Å²) in [5, 5.41) is 5.55. The molecule has 0 aliphatic rings. The molecular weight excluding hydrogens is 425 g/mol. The number of methoxy groups -OCH3 is 1. The van der Waals surface area contributed by atoms with Gasteiger partial charge >= 0.3 is 0 Å². The molecule has 0 saturated carbocycles. The Bertz CT molecular complexity index is 544. The molecule has 1 unspecified atom stereocenters. The van der Waals surface area contributed by atoms with Gasteiger partial charge in [-0.2, -0.15) is 0 Å². The van der Waals surface area contributed by atoms with Crippen LogP contribution in [0.3, 0.4) is 0 Å². The minimum atomic E-state index is 0.199. The smallest absolute Gasteiger partial charge is 0.120 e. The minimum absolute atomic E-state index is 0.199. The molecule has 0 aliphatic heterocycles. The third-order valence-electron chi connectivity index (χ3n) is 2.73. The maximum atomic E-state index is 5.22. The molecule has 1 atom stereocenters. The molecule has 0 amide bonds. The predicted molar refractivity (Wildman–Crippen MR) is 88.6 cm³/mol. The lowest BCUT2D eigenvalue weighted by Gasteiger charge is -2.17. The molecule has 0 saturated heterocycles. The number of nitrogens with one attached hydrogen (secondary N) is 1. The molecular formula is C13H13BrINOS. The number of benzene rings is 1. The number of hydrogen-bond donors (Lipinski definition) is 1. The van der Waals surface area contributed by atoms with E-state index in [4.69, 9.17) is 4.74 Å². The average molecular weight is 438 g/mol. The number of hydrogen-bond acceptors (Lipinski definition) is 3. The Hall–Kier alpha value is -0.110. The van der Waals surface area contributed by atoms with Crippen LogP contribution >= 0.6 is 49.9 Å². The van der Waals surface area contributed by atoms with Crippen LogP contribution in [0.15, 0.2) is 34.1 Å². The Labute approximate surface area is 133 Å². The molecule has 0 spiro atoms. The van der Waals surface area contributed by atoms with Gasteiger partial charge in [-0.1, -0.05) is 22.0 Å². The molecule has 2 rings (SSSR count). The number of ether oxygens (including phenoxy) is 1. The maximum absolute atomic E-state index is 5.22. The SMILES string of the molecule is CNC(c1csc(I)c1)c1ccc(OC)cc1Br. The van der Waals surface area contributed by atoms with Crippen molar-refractivity contribution in [3.8, 4) is 5.75 Å². The molecule has 18 heavy (non-hydrogen) atoms. The van der Waals surface area contributed by atoms with E-state index in [1.807, 2.05) is 19.2 Å². The van der Waals surface area contributed by atoms with E-state index in [9.17, 15) is 0 Å². The van der Waals surface area contributed by atoms with Gasteiger partial charge in [-0.05, 0) is 64.3 Å². The van der Waals surface area contributed by atoms with E-state index in [1.54, 1.807) is 18.4 Å². The predicted octanol–water partition coefficient (Wildman–Crippen LogP) is 4.43. The second kappa shape index (κ2) is 6.36. The van der Waals surface area contributed by atoms with Crippen molar-refractivity contribution in [1.82, 2.24) is 5.32 Å². The van der Waals surface area contributed by atoms with Crippen molar-refractivity contribution in [3.05, 3.63) is 48.1 Å². The lowest BCUT2D eigenvalue weighted by molar-refractivity contribution is 0.414. The Morgan fingerprint density at radius 1 is 1.39 bits per heavy atom. The van der Waals surface area contributed by atoms with Crippen LogP contribution in [0.4, 0.5) is 0 Å². The van der Waals surface area contributed by atoms with Crippen LogP contribution in [0.2, 0.25) is 0 Å². The van der Waals surface area contributed by atoms with E-state index in [-0.39, 0.29) is 6.04 Å². The van der Waals surface area contributed by atoms with Crippen LogP contribution in [-0.4, -0.2) is 14.2 Å². The van der Waals surface area contributed by atoms with Gasteiger partial charge in [-0.25, -0.2) is 0 Å². The van der Waals surface area contributed by atoms with Crippen molar-refractivity contribution in [2.45, 2.75) is 6.04 Å². The summed E-state index contributed by atoms with van der Waals surface area (Å²) in [7, 11) is 3.66. The van der Waals surface area contributed by atoms with Gasteiger partial charge in [0, 0.05) is 4.47 Å². The number of thiophene rings is 1. The first-order chi connectivity index (χ1) is 8.65. The molecule has 1 aromatic heterocycles. The van der Waals surface area contributed by atoms with E-state index in [2.05, 4.69) is 61.4 Å². The van der Waals surface area contributed by atoms with Crippen molar-refractivity contribution in [2.24, 2.45) is 0 Å².